The van der Waals surface area contributed by atoms with Crippen LogP contribution in [0, 0.1) is 0 Å². The molecular weight excluding hydrogens is 386 g/mol. The Kier molecular flexibility index (Phi) is 5.23. The van der Waals surface area contributed by atoms with Gasteiger partial charge in [-0.05, 0) is 46.9 Å². The van der Waals surface area contributed by atoms with Gasteiger partial charge >= 0.3 is 6.09 Å². The highest BCUT2D eigenvalue weighted by atomic mass is 16.5. The van der Waals surface area contributed by atoms with E-state index in [1.165, 1.54) is 22.3 Å². The maximum Gasteiger partial charge on any atom is 0.407 e. The van der Waals surface area contributed by atoms with Crippen LogP contribution in [0.4, 0.5) is 4.79 Å². The van der Waals surface area contributed by atoms with Gasteiger partial charge in [0.1, 0.15) is 12.3 Å². The van der Waals surface area contributed by atoms with Gasteiger partial charge in [-0.2, -0.15) is 0 Å². The SMILES string of the molecule is O=C(NCCC=Cc1cnc2ccccn12)OCC1c2ccccc2-c2ccccc21. The number of fused-ring (bicyclic) bond motifs is 4. The molecule has 0 aliphatic heterocycles. The van der Waals surface area contributed by atoms with Gasteiger partial charge in [-0.25, -0.2) is 9.78 Å². The molecule has 1 N–H and O–H groups in total. The van der Waals surface area contributed by atoms with Crippen LogP contribution in [0.2, 0.25) is 0 Å². The lowest BCUT2D eigenvalue weighted by molar-refractivity contribution is 0.143. The number of carbonyl (C=O) groups excluding carboxylic acids is 1. The standard InChI is InChI=1S/C26H23N3O2/c30-26(27-15-7-5-9-19-17-28-25-14-6-8-16-29(19)25)31-18-24-22-12-3-1-10-20(22)21-11-2-4-13-23(21)24/h1-6,8-14,16-17,24H,7,15,18H2,(H,27,30). The third kappa shape index (κ3) is 3.82. The third-order valence-corrected chi connectivity index (χ3v) is 5.66. The Morgan fingerprint density at radius 1 is 1.00 bits per heavy atom. The highest BCUT2D eigenvalue weighted by Crippen LogP contribution is 2.44. The van der Waals surface area contributed by atoms with Gasteiger partial charge in [0.25, 0.3) is 0 Å². The van der Waals surface area contributed by atoms with Crippen molar-refractivity contribution in [2.75, 3.05) is 13.2 Å². The zero-order valence-electron chi connectivity index (χ0n) is 17.1. The number of carbonyl (C=O) groups is 1. The fraction of sp³-hybridized carbons (Fsp3) is 0.154. The molecule has 5 heteroatoms. The van der Waals surface area contributed by atoms with E-state index in [0.717, 1.165) is 11.3 Å². The number of hydrogen-bond donors (Lipinski definition) is 1. The average Bonchev–Trinajstić information content (AvgIpc) is 3.37. The van der Waals surface area contributed by atoms with Crippen LogP contribution in [0.5, 0.6) is 0 Å². The van der Waals surface area contributed by atoms with Crippen LogP contribution in [0.3, 0.4) is 0 Å². The number of benzene rings is 2. The van der Waals surface area contributed by atoms with Crippen LogP contribution in [-0.2, 0) is 4.74 Å². The normalized spacial score (nSPS) is 12.8. The lowest BCUT2D eigenvalue weighted by atomic mass is 9.98. The summed E-state index contributed by atoms with van der Waals surface area (Å²) in [6.07, 6.45) is 8.19. The summed E-state index contributed by atoms with van der Waals surface area (Å²) in [5, 5.41) is 2.84. The van der Waals surface area contributed by atoms with E-state index < -0.39 is 0 Å². The minimum Gasteiger partial charge on any atom is -0.449 e. The van der Waals surface area contributed by atoms with Crippen LogP contribution >= 0.6 is 0 Å². The number of nitrogens with one attached hydrogen (secondary N) is 1. The van der Waals surface area contributed by atoms with E-state index in [1.807, 2.05) is 71.4 Å². The highest BCUT2D eigenvalue weighted by molar-refractivity contribution is 5.79. The smallest absolute Gasteiger partial charge is 0.407 e. The molecule has 5 rings (SSSR count). The molecule has 1 amide bonds. The van der Waals surface area contributed by atoms with Gasteiger partial charge in [-0.3, -0.25) is 0 Å². The lowest BCUT2D eigenvalue weighted by Gasteiger charge is -2.14. The highest BCUT2D eigenvalue weighted by Gasteiger charge is 2.28. The van der Waals surface area contributed by atoms with Crippen molar-refractivity contribution in [1.82, 2.24) is 14.7 Å². The number of rotatable bonds is 6. The molecule has 2 heterocycles. The summed E-state index contributed by atoms with van der Waals surface area (Å²) in [7, 11) is 0. The fourth-order valence-corrected chi connectivity index (χ4v) is 4.19. The molecule has 31 heavy (non-hydrogen) atoms. The first-order chi connectivity index (χ1) is 15.3. The molecule has 0 spiro atoms. The summed E-state index contributed by atoms with van der Waals surface area (Å²) < 4.78 is 7.58. The summed E-state index contributed by atoms with van der Waals surface area (Å²) in [5.41, 5.74) is 6.81. The van der Waals surface area contributed by atoms with Gasteiger partial charge in [-0.15, -0.1) is 0 Å². The monoisotopic (exact) mass is 409 g/mol. The van der Waals surface area contributed by atoms with Gasteiger partial charge in [0.2, 0.25) is 0 Å². The van der Waals surface area contributed by atoms with Gasteiger partial charge in [0.15, 0.2) is 0 Å². The van der Waals surface area contributed by atoms with Crippen LogP contribution in [0.1, 0.15) is 29.2 Å². The molecule has 5 nitrogen and oxygen atoms in total. The van der Waals surface area contributed by atoms with Gasteiger partial charge in [0, 0.05) is 18.7 Å². The van der Waals surface area contributed by atoms with Crippen LogP contribution in [0.15, 0.2) is 85.2 Å². The quantitative estimate of drug-likeness (QED) is 0.441. The summed E-state index contributed by atoms with van der Waals surface area (Å²) in [6, 6.07) is 22.6. The predicted molar refractivity (Wildman–Crippen MR) is 122 cm³/mol. The molecule has 4 aromatic rings. The Labute approximate surface area is 181 Å². The molecule has 2 aromatic carbocycles. The number of ether oxygens (including phenoxy) is 1. The lowest BCUT2D eigenvalue weighted by Crippen LogP contribution is -2.26. The van der Waals surface area contributed by atoms with Gasteiger partial charge in [0.05, 0.1) is 11.9 Å². The number of aromatic nitrogens is 2. The Bertz CT molecular complexity index is 1210. The van der Waals surface area contributed by atoms with Crippen molar-refractivity contribution in [3.05, 3.63) is 102 Å². The molecule has 0 fully saturated rings. The molecule has 1 aliphatic carbocycles. The van der Waals surface area contributed by atoms with Crippen molar-refractivity contribution >= 4 is 17.8 Å². The average molecular weight is 409 g/mol. The molecule has 0 atom stereocenters. The van der Waals surface area contributed by atoms with E-state index in [4.69, 9.17) is 4.74 Å². The Morgan fingerprint density at radius 3 is 2.48 bits per heavy atom. The van der Waals surface area contributed by atoms with E-state index in [2.05, 4.69) is 34.6 Å². The Balaban J connectivity index is 1.13. The number of alkyl carbamates (subject to hydrolysis) is 1. The van der Waals surface area contributed by atoms with E-state index in [1.54, 1.807) is 0 Å². The summed E-state index contributed by atoms with van der Waals surface area (Å²) in [5.74, 6) is 0.0770. The zero-order chi connectivity index (χ0) is 21.0. The van der Waals surface area contributed by atoms with Gasteiger partial charge in [-0.1, -0.05) is 60.7 Å². The second-order valence-corrected chi connectivity index (χ2v) is 7.56. The van der Waals surface area contributed by atoms with Crippen LogP contribution < -0.4 is 5.32 Å². The second-order valence-electron chi connectivity index (χ2n) is 7.56. The van der Waals surface area contributed by atoms with Crippen molar-refractivity contribution in [1.29, 1.82) is 0 Å². The van der Waals surface area contributed by atoms with Crippen molar-refractivity contribution in [2.24, 2.45) is 0 Å². The number of amides is 1. The molecular formula is C26H23N3O2. The van der Waals surface area contributed by atoms with E-state index >= 15 is 0 Å². The number of hydrogen-bond acceptors (Lipinski definition) is 3. The largest absolute Gasteiger partial charge is 0.449 e. The first-order valence-electron chi connectivity index (χ1n) is 10.5. The third-order valence-electron chi connectivity index (χ3n) is 5.66. The number of pyridine rings is 1. The predicted octanol–water partition coefficient (Wildman–Crippen LogP) is 5.28. The Hall–Kier alpha value is -3.86. The van der Waals surface area contributed by atoms with Crippen LogP contribution in [-0.4, -0.2) is 28.6 Å². The van der Waals surface area contributed by atoms with E-state index in [9.17, 15) is 4.79 Å². The molecule has 0 unspecified atom stereocenters. The number of nitrogens with zero attached hydrogens (tertiary/aromatic N) is 2. The van der Waals surface area contributed by atoms with Gasteiger partial charge < -0.3 is 14.5 Å². The number of imidazole rings is 1. The van der Waals surface area contributed by atoms with Crippen LogP contribution in [0.25, 0.3) is 22.9 Å². The first kappa shape index (κ1) is 19.1. The summed E-state index contributed by atoms with van der Waals surface area (Å²) in [6.45, 7) is 0.849. The maximum absolute atomic E-state index is 12.2. The molecule has 0 saturated heterocycles. The molecule has 0 radical (unpaired) electrons. The summed E-state index contributed by atoms with van der Waals surface area (Å²) in [4.78, 5) is 16.6. The molecule has 154 valence electrons. The first-order valence-corrected chi connectivity index (χ1v) is 10.5. The molecule has 0 bridgehead atoms. The van der Waals surface area contributed by atoms with E-state index in [-0.39, 0.29) is 12.0 Å². The zero-order valence-corrected chi connectivity index (χ0v) is 17.1. The molecule has 2 aromatic heterocycles. The Morgan fingerprint density at radius 2 is 1.71 bits per heavy atom. The summed E-state index contributed by atoms with van der Waals surface area (Å²) >= 11 is 0. The minimum absolute atomic E-state index is 0.0770. The van der Waals surface area contributed by atoms with Crippen molar-refractivity contribution in [3.63, 3.8) is 0 Å². The molecule has 1 aliphatic rings. The van der Waals surface area contributed by atoms with Crippen molar-refractivity contribution in [3.8, 4) is 11.1 Å². The topological polar surface area (TPSA) is 55.6 Å². The van der Waals surface area contributed by atoms with Crippen molar-refractivity contribution < 1.29 is 9.53 Å². The van der Waals surface area contributed by atoms with E-state index in [0.29, 0.717) is 19.6 Å². The molecule has 0 saturated carbocycles. The maximum atomic E-state index is 12.2. The fourth-order valence-electron chi connectivity index (χ4n) is 4.19. The second kappa shape index (κ2) is 8.48. The van der Waals surface area contributed by atoms with Crippen molar-refractivity contribution in [2.45, 2.75) is 12.3 Å². The minimum atomic E-state index is -0.384.